The zero-order valence-electron chi connectivity index (χ0n) is 24.6. The number of hydrogen-bond donors (Lipinski definition) is 0. The molecule has 3 rings (SSSR count). The molecule has 2 aromatic carbocycles. The second-order valence-electron chi connectivity index (χ2n) is 10.0. The minimum absolute atomic E-state index is 0. The van der Waals surface area contributed by atoms with E-state index in [-0.39, 0.29) is 41.9 Å². The van der Waals surface area contributed by atoms with Gasteiger partial charge < -0.3 is 24.8 Å². The maximum absolute atomic E-state index is 6.52. The minimum atomic E-state index is 0. The molecule has 0 saturated carbocycles. The summed E-state index contributed by atoms with van der Waals surface area (Å²) in [5.74, 6) is 0. The van der Waals surface area contributed by atoms with Crippen LogP contribution < -0.4 is 24.8 Å². The molecule has 0 spiro atoms. The second kappa shape index (κ2) is 19.4. The van der Waals surface area contributed by atoms with E-state index < -0.39 is 0 Å². The number of aryl methyl sites for hydroxylation is 6. The molecule has 3 nitrogen and oxygen atoms in total. The van der Waals surface area contributed by atoms with Gasteiger partial charge in [0.2, 0.25) is 0 Å². The Hall–Kier alpha value is -1.68. The van der Waals surface area contributed by atoms with Crippen molar-refractivity contribution in [2.75, 3.05) is 0 Å². The van der Waals surface area contributed by atoms with Crippen molar-refractivity contribution in [3.8, 4) is 0 Å². The Labute approximate surface area is 270 Å². The molecule has 0 aliphatic carbocycles. The molecular weight excluding hydrogens is 601 g/mol. The molecule has 1 heterocycles. The SMILES string of the molecule is CCCc1cc(C)cc(CCC)c1N=Cc1cc(Cl)cc(C=Nc2c(CCC)cc(C)cc2CCC)n1.[Cl-].[Cl-].[Fe+2]. The molecule has 0 amide bonds. The van der Waals surface area contributed by atoms with Crippen molar-refractivity contribution in [2.45, 2.75) is 92.9 Å². The smallest absolute Gasteiger partial charge is 1.00 e. The molecule has 40 heavy (non-hydrogen) atoms. The summed E-state index contributed by atoms with van der Waals surface area (Å²) in [5, 5.41) is 0.635. The molecule has 0 N–H and O–H groups in total. The molecule has 0 radical (unpaired) electrons. The van der Waals surface area contributed by atoms with Crippen molar-refractivity contribution in [2.24, 2.45) is 9.98 Å². The van der Waals surface area contributed by atoms with Crippen LogP contribution in [0.1, 0.15) is 98.1 Å². The van der Waals surface area contributed by atoms with Gasteiger partial charge in [-0.1, -0.05) is 100 Å². The predicted octanol–water partition coefficient (Wildman–Crippen LogP) is 3.67. The summed E-state index contributed by atoms with van der Waals surface area (Å²) < 4.78 is 0. The van der Waals surface area contributed by atoms with Gasteiger partial charge in [0.15, 0.2) is 0 Å². The number of aliphatic imine (C=N–C) groups is 2. The van der Waals surface area contributed by atoms with Crippen LogP contribution in [0.15, 0.2) is 46.4 Å². The summed E-state index contributed by atoms with van der Waals surface area (Å²) in [6.45, 7) is 13.2. The van der Waals surface area contributed by atoms with Gasteiger partial charge in [0.1, 0.15) is 0 Å². The van der Waals surface area contributed by atoms with Crippen LogP contribution in [0.2, 0.25) is 5.02 Å². The number of rotatable bonds is 12. The van der Waals surface area contributed by atoms with E-state index in [1.165, 1.54) is 33.4 Å². The van der Waals surface area contributed by atoms with Gasteiger partial charge in [-0.15, -0.1) is 0 Å². The van der Waals surface area contributed by atoms with E-state index in [0.29, 0.717) is 5.02 Å². The Morgan fingerprint density at radius 2 is 0.900 bits per heavy atom. The molecule has 0 atom stereocenters. The quantitative estimate of drug-likeness (QED) is 0.220. The zero-order valence-corrected chi connectivity index (χ0v) is 28.0. The summed E-state index contributed by atoms with van der Waals surface area (Å²) >= 11 is 6.52. The first-order valence-corrected chi connectivity index (χ1v) is 14.3. The van der Waals surface area contributed by atoms with Crippen LogP contribution in [0.25, 0.3) is 0 Å². The van der Waals surface area contributed by atoms with Gasteiger partial charge in [-0.2, -0.15) is 0 Å². The summed E-state index contributed by atoms with van der Waals surface area (Å²) in [6, 6.07) is 12.8. The van der Waals surface area contributed by atoms with E-state index in [0.717, 1.165) is 74.1 Å². The fraction of sp³-hybridized carbons (Fsp3) is 0.424. The average molecular weight is 643 g/mol. The number of benzene rings is 2. The van der Waals surface area contributed by atoms with Crippen molar-refractivity contribution < 1.29 is 41.9 Å². The number of pyridine rings is 1. The van der Waals surface area contributed by atoms with E-state index in [9.17, 15) is 0 Å². The van der Waals surface area contributed by atoms with Crippen molar-refractivity contribution >= 4 is 35.4 Å². The van der Waals surface area contributed by atoms with Crippen LogP contribution in [0.5, 0.6) is 0 Å². The molecular formula is C33H42Cl3FeN3. The third kappa shape index (κ3) is 11.0. The topological polar surface area (TPSA) is 37.6 Å². The van der Waals surface area contributed by atoms with Crippen LogP contribution in [0, 0.1) is 13.8 Å². The number of nitrogens with zero attached hydrogens (tertiary/aromatic N) is 3. The van der Waals surface area contributed by atoms with Gasteiger partial charge in [-0.3, -0.25) is 9.98 Å². The standard InChI is InChI=1S/C33H42ClN3.2ClH.Fe/c1-7-11-25-15-23(5)16-26(12-8-2)32(25)35-21-30-19-29(34)20-31(37-30)22-36-33-27(13-9-3)17-24(6)18-28(33)14-10-4;;;/h15-22H,7-14H2,1-6H3;2*1H;/q;;;+2/p-2. The third-order valence-corrected chi connectivity index (χ3v) is 6.60. The average Bonchev–Trinajstić information content (AvgIpc) is 2.83. The largest absolute Gasteiger partial charge is 2.00 e. The monoisotopic (exact) mass is 641 g/mol. The van der Waals surface area contributed by atoms with Gasteiger partial charge in [0.25, 0.3) is 0 Å². The van der Waals surface area contributed by atoms with E-state index in [2.05, 4.69) is 65.8 Å². The Balaban J connectivity index is 0.00000507. The molecule has 0 aliphatic heterocycles. The molecule has 0 fully saturated rings. The summed E-state index contributed by atoms with van der Waals surface area (Å²) in [5.41, 5.74) is 11.5. The minimum Gasteiger partial charge on any atom is -1.00 e. The predicted molar refractivity (Wildman–Crippen MR) is 162 cm³/mol. The molecule has 0 unspecified atom stereocenters. The number of aromatic nitrogens is 1. The van der Waals surface area contributed by atoms with Crippen LogP contribution in [0.3, 0.4) is 0 Å². The molecule has 0 aliphatic rings. The van der Waals surface area contributed by atoms with E-state index in [1.54, 1.807) is 0 Å². The fourth-order valence-corrected chi connectivity index (χ4v) is 5.19. The number of hydrogen-bond acceptors (Lipinski definition) is 3. The fourth-order valence-electron chi connectivity index (χ4n) is 4.97. The van der Waals surface area contributed by atoms with Gasteiger partial charge in [-0.25, -0.2) is 4.98 Å². The summed E-state index contributed by atoms with van der Waals surface area (Å²) in [7, 11) is 0. The Morgan fingerprint density at radius 3 is 1.18 bits per heavy atom. The normalized spacial score (nSPS) is 10.9. The van der Waals surface area contributed by atoms with Gasteiger partial charge in [0, 0.05) is 5.02 Å². The van der Waals surface area contributed by atoms with Crippen LogP contribution in [-0.2, 0) is 42.8 Å². The number of halogens is 3. The third-order valence-electron chi connectivity index (χ3n) is 6.38. The maximum Gasteiger partial charge on any atom is 2.00 e. The molecule has 0 bridgehead atoms. The molecule has 1 aromatic heterocycles. The molecule has 218 valence electrons. The van der Waals surface area contributed by atoms with Crippen LogP contribution in [-0.4, -0.2) is 17.4 Å². The van der Waals surface area contributed by atoms with E-state index in [1.807, 2.05) is 24.6 Å². The van der Waals surface area contributed by atoms with E-state index >= 15 is 0 Å². The first-order chi connectivity index (χ1) is 17.9. The second-order valence-corrected chi connectivity index (χ2v) is 10.5. The Kier molecular flexibility index (Phi) is 18.6. The van der Waals surface area contributed by atoms with Crippen LogP contribution >= 0.6 is 11.6 Å². The zero-order chi connectivity index (χ0) is 26.8. The summed E-state index contributed by atoms with van der Waals surface area (Å²) in [6.07, 6.45) is 12.1. The Morgan fingerprint density at radius 1 is 0.600 bits per heavy atom. The molecule has 0 saturated heterocycles. The van der Waals surface area contributed by atoms with Gasteiger partial charge in [0.05, 0.1) is 35.2 Å². The van der Waals surface area contributed by atoms with Crippen molar-refractivity contribution in [3.63, 3.8) is 0 Å². The molecule has 7 heteroatoms. The van der Waals surface area contributed by atoms with Crippen molar-refractivity contribution in [1.82, 2.24) is 4.98 Å². The van der Waals surface area contributed by atoms with Crippen LogP contribution in [0.4, 0.5) is 11.4 Å². The Bertz CT molecular complexity index is 1120. The molecule has 3 aromatic rings. The van der Waals surface area contributed by atoms with Crippen molar-refractivity contribution in [3.05, 3.63) is 86.2 Å². The first-order valence-electron chi connectivity index (χ1n) is 13.9. The van der Waals surface area contributed by atoms with E-state index in [4.69, 9.17) is 26.6 Å². The summed E-state index contributed by atoms with van der Waals surface area (Å²) in [4.78, 5) is 14.7. The maximum atomic E-state index is 6.52. The van der Waals surface area contributed by atoms with Crippen molar-refractivity contribution in [1.29, 1.82) is 0 Å². The van der Waals surface area contributed by atoms with Gasteiger partial charge >= 0.3 is 17.1 Å². The first kappa shape index (κ1) is 38.3. The van der Waals surface area contributed by atoms with Gasteiger partial charge in [-0.05, 0) is 73.9 Å².